The topological polar surface area (TPSA) is 79.3 Å². The van der Waals surface area contributed by atoms with E-state index in [1.54, 1.807) is 23.1 Å². The van der Waals surface area contributed by atoms with Gasteiger partial charge in [0.2, 0.25) is 0 Å². The zero-order valence-electron chi connectivity index (χ0n) is 20.5. The fraction of sp³-hybridized carbons (Fsp3) is 0.481. The van der Waals surface area contributed by atoms with Crippen molar-refractivity contribution in [1.29, 1.82) is 0 Å². The number of hydrogen-bond donors (Lipinski definition) is 1. The minimum atomic E-state index is -1.25. The van der Waals surface area contributed by atoms with E-state index in [2.05, 4.69) is 4.90 Å². The molecule has 10 heteroatoms. The minimum Gasteiger partial charge on any atom is -0.478 e. The van der Waals surface area contributed by atoms with Crippen LogP contribution >= 0.6 is 23.2 Å². The van der Waals surface area contributed by atoms with Gasteiger partial charge in [0.15, 0.2) is 6.73 Å². The number of carboxylic acids is 1. The molecule has 0 bridgehead atoms. The molecule has 0 radical (unpaired) electrons. The summed E-state index contributed by atoms with van der Waals surface area (Å²) in [5.74, 6) is -1.32. The summed E-state index contributed by atoms with van der Waals surface area (Å²) < 4.78 is 25.7. The number of halogens is 3. The van der Waals surface area contributed by atoms with Crippen molar-refractivity contribution in [3.63, 3.8) is 0 Å². The molecule has 3 aliphatic rings. The summed E-state index contributed by atoms with van der Waals surface area (Å²) in [4.78, 5) is 28.7. The molecule has 1 N–H and O–H groups in total. The van der Waals surface area contributed by atoms with E-state index in [1.807, 2.05) is 6.92 Å². The Labute approximate surface area is 225 Å². The van der Waals surface area contributed by atoms with Crippen molar-refractivity contribution < 1.29 is 28.6 Å². The van der Waals surface area contributed by atoms with E-state index in [1.165, 1.54) is 12.1 Å². The number of hydrogen-bond acceptors (Lipinski definition) is 5. The van der Waals surface area contributed by atoms with Crippen LogP contribution < -0.4 is 4.74 Å². The molecule has 0 spiro atoms. The van der Waals surface area contributed by atoms with E-state index in [4.69, 9.17) is 32.7 Å². The highest BCUT2D eigenvalue weighted by Gasteiger charge is 2.44. The highest BCUT2D eigenvalue weighted by Crippen LogP contribution is 2.38. The number of fused-ring (bicyclic) bond motifs is 1. The molecule has 198 valence electrons. The Morgan fingerprint density at radius 2 is 1.89 bits per heavy atom. The average Bonchev–Trinajstić information content (AvgIpc) is 2.88. The van der Waals surface area contributed by atoms with Crippen LogP contribution in [-0.4, -0.2) is 64.9 Å². The molecule has 2 aromatic rings. The number of benzene rings is 2. The van der Waals surface area contributed by atoms with Gasteiger partial charge in [-0.2, -0.15) is 0 Å². The van der Waals surface area contributed by atoms with Gasteiger partial charge >= 0.3 is 5.97 Å². The van der Waals surface area contributed by atoms with Crippen molar-refractivity contribution in [3.05, 3.63) is 62.9 Å². The lowest BCUT2D eigenvalue weighted by molar-refractivity contribution is -0.172. The molecule has 1 amide bonds. The number of likely N-dealkylation sites (tertiary alicyclic amines) is 1. The predicted octanol–water partition coefficient (Wildman–Crippen LogP) is 5.33. The Kier molecular flexibility index (Phi) is 7.38. The number of carbonyl (C=O) groups excluding carboxylic acids is 1. The number of amides is 1. The third-order valence-electron chi connectivity index (χ3n) is 7.84. The molecule has 7 nitrogen and oxygen atoms in total. The van der Waals surface area contributed by atoms with Gasteiger partial charge in [0, 0.05) is 16.6 Å². The molecule has 3 aliphatic heterocycles. The lowest BCUT2D eigenvalue weighted by Crippen LogP contribution is -2.56. The van der Waals surface area contributed by atoms with Crippen LogP contribution in [0.5, 0.6) is 5.75 Å². The van der Waals surface area contributed by atoms with E-state index in [-0.39, 0.29) is 30.2 Å². The van der Waals surface area contributed by atoms with Gasteiger partial charge in [0.1, 0.15) is 17.2 Å². The zero-order valence-corrected chi connectivity index (χ0v) is 22.0. The number of piperidine rings is 1. The summed E-state index contributed by atoms with van der Waals surface area (Å²) in [6.45, 7) is 4.43. The quantitative estimate of drug-likeness (QED) is 0.554. The fourth-order valence-corrected chi connectivity index (χ4v) is 6.23. The van der Waals surface area contributed by atoms with Gasteiger partial charge < -0.3 is 19.5 Å². The summed E-state index contributed by atoms with van der Waals surface area (Å²) in [7, 11) is 0. The van der Waals surface area contributed by atoms with Crippen LogP contribution in [0.3, 0.4) is 0 Å². The molecular weight excluding hydrogens is 522 g/mol. The largest absolute Gasteiger partial charge is 0.478 e. The Hall–Kier alpha value is -2.39. The van der Waals surface area contributed by atoms with E-state index in [0.717, 1.165) is 43.5 Å². The van der Waals surface area contributed by atoms with Gasteiger partial charge in [0.05, 0.1) is 23.7 Å². The molecule has 0 unspecified atom stereocenters. The maximum Gasteiger partial charge on any atom is 0.338 e. The third-order valence-corrected chi connectivity index (χ3v) is 8.34. The van der Waals surface area contributed by atoms with Gasteiger partial charge in [-0.05, 0) is 81.4 Å². The maximum absolute atomic E-state index is 13.8. The van der Waals surface area contributed by atoms with Crippen molar-refractivity contribution in [1.82, 2.24) is 9.80 Å². The highest BCUT2D eigenvalue weighted by molar-refractivity contribution is 6.35. The Morgan fingerprint density at radius 3 is 2.57 bits per heavy atom. The standard InChI is InChI=1S/C27H29Cl2FN2O5/c1-27(26(35)32-13-18-10-19(28)12-22(29)24(18)36-15-32)7-4-20(14-37-27)31-8-5-16(6-9-31)17-2-3-23(30)21(11-17)25(33)34/h2-3,10-12,16,20H,4-9,13-15H2,1H3,(H,33,34)/t20-,27-/m1/s1. The normalized spacial score (nSPS) is 24.9. The van der Waals surface area contributed by atoms with Crippen LogP contribution in [-0.2, 0) is 16.1 Å². The second kappa shape index (κ2) is 10.4. The molecule has 5 rings (SSSR count). The predicted molar refractivity (Wildman–Crippen MR) is 137 cm³/mol. The van der Waals surface area contributed by atoms with E-state index in [9.17, 15) is 19.1 Å². The van der Waals surface area contributed by atoms with E-state index < -0.39 is 17.4 Å². The summed E-state index contributed by atoms with van der Waals surface area (Å²) in [5, 5.41) is 10.2. The Morgan fingerprint density at radius 1 is 1.14 bits per heavy atom. The summed E-state index contributed by atoms with van der Waals surface area (Å²) in [6, 6.07) is 7.99. The van der Waals surface area contributed by atoms with Crippen LogP contribution in [0.25, 0.3) is 0 Å². The first-order chi connectivity index (χ1) is 17.6. The first-order valence-electron chi connectivity index (χ1n) is 12.5. The highest BCUT2D eigenvalue weighted by atomic mass is 35.5. The second-order valence-corrected chi connectivity index (χ2v) is 11.1. The number of nitrogens with zero attached hydrogens (tertiary/aromatic N) is 2. The molecule has 2 atom stereocenters. The number of carbonyl (C=O) groups is 2. The molecule has 2 saturated heterocycles. The number of aromatic carboxylic acids is 1. The van der Waals surface area contributed by atoms with E-state index in [0.29, 0.717) is 35.4 Å². The monoisotopic (exact) mass is 550 g/mol. The van der Waals surface area contributed by atoms with Crippen molar-refractivity contribution in [2.45, 2.75) is 56.7 Å². The van der Waals surface area contributed by atoms with Crippen LogP contribution in [0.2, 0.25) is 10.0 Å². The molecule has 3 heterocycles. The van der Waals surface area contributed by atoms with Gasteiger partial charge in [-0.3, -0.25) is 9.69 Å². The van der Waals surface area contributed by atoms with Crippen molar-refractivity contribution >= 4 is 35.1 Å². The zero-order chi connectivity index (χ0) is 26.3. The van der Waals surface area contributed by atoms with Gasteiger partial charge in [0.25, 0.3) is 5.91 Å². The maximum atomic E-state index is 13.8. The summed E-state index contributed by atoms with van der Waals surface area (Å²) in [6.07, 6.45) is 3.13. The van der Waals surface area contributed by atoms with Gasteiger partial charge in [-0.25, -0.2) is 9.18 Å². The molecule has 0 saturated carbocycles. The molecule has 37 heavy (non-hydrogen) atoms. The van der Waals surface area contributed by atoms with Gasteiger partial charge in [-0.1, -0.05) is 29.3 Å². The molecule has 0 aliphatic carbocycles. The first-order valence-corrected chi connectivity index (χ1v) is 13.2. The lowest BCUT2D eigenvalue weighted by Gasteiger charge is -2.45. The van der Waals surface area contributed by atoms with Crippen LogP contribution in [0.4, 0.5) is 4.39 Å². The lowest BCUT2D eigenvalue weighted by atomic mass is 9.86. The number of rotatable bonds is 4. The fourth-order valence-electron chi connectivity index (χ4n) is 5.64. The third kappa shape index (κ3) is 5.30. The molecule has 0 aromatic heterocycles. The van der Waals surface area contributed by atoms with Crippen LogP contribution in [0.1, 0.15) is 60.0 Å². The van der Waals surface area contributed by atoms with Crippen LogP contribution in [0, 0.1) is 5.82 Å². The second-order valence-electron chi connectivity index (χ2n) is 10.2. The minimum absolute atomic E-state index is 0.107. The van der Waals surface area contributed by atoms with Crippen LogP contribution in [0.15, 0.2) is 30.3 Å². The smallest absolute Gasteiger partial charge is 0.338 e. The molecular formula is C27H29Cl2FN2O5. The SMILES string of the molecule is C[C@]1(C(=O)N2COc3c(Cl)cc(Cl)cc3C2)CC[C@@H](N2CCC(c3ccc(F)c(C(=O)O)c3)CC2)CO1. The Bertz CT molecular complexity index is 1210. The van der Waals surface area contributed by atoms with E-state index >= 15 is 0 Å². The van der Waals surface area contributed by atoms with Crippen molar-refractivity contribution in [2.24, 2.45) is 0 Å². The summed E-state index contributed by atoms with van der Waals surface area (Å²) >= 11 is 12.4. The summed E-state index contributed by atoms with van der Waals surface area (Å²) in [5.41, 5.74) is 0.427. The first kappa shape index (κ1) is 26.2. The average molecular weight is 551 g/mol. The van der Waals surface area contributed by atoms with Crippen molar-refractivity contribution in [3.8, 4) is 5.75 Å². The molecule has 2 fully saturated rings. The Balaban J connectivity index is 1.16. The number of carboxylic acid groups (broad SMARTS) is 1. The van der Waals surface area contributed by atoms with Crippen molar-refractivity contribution in [2.75, 3.05) is 26.4 Å². The van der Waals surface area contributed by atoms with Gasteiger partial charge in [-0.15, -0.1) is 0 Å². The molecule has 2 aromatic carbocycles. The number of ether oxygens (including phenoxy) is 2.